The van der Waals surface area contributed by atoms with E-state index in [2.05, 4.69) is 37.4 Å². The Morgan fingerprint density at radius 1 is 1.04 bits per heavy atom. The molecule has 0 atom stereocenters. The van der Waals surface area contributed by atoms with Gasteiger partial charge in [-0.05, 0) is 61.4 Å². The fourth-order valence-electron chi connectivity index (χ4n) is 2.21. The molecule has 140 valence electrons. The van der Waals surface area contributed by atoms with Crippen LogP contribution in [0.3, 0.4) is 0 Å². The summed E-state index contributed by atoms with van der Waals surface area (Å²) in [6.07, 6.45) is 0.384. The van der Waals surface area contributed by atoms with Gasteiger partial charge in [-0.1, -0.05) is 6.07 Å². The highest BCUT2D eigenvalue weighted by molar-refractivity contribution is 7.99. The zero-order valence-electron chi connectivity index (χ0n) is 15.4. The first-order chi connectivity index (χ1) is 12.2. The number of hydrogen-bond donors (Lipinski definition) is 1. The third-order valence-electron chi connectivity index (χ3n) is 3.99. The van der Waals surface area contributed by atoms with Gasteiger partial charge in [0.25, 0.3) is 0 Å². The predicted molar refractivity (Wildman–Crippen MR) is 107 cm³/mol. The van der Waals surface area contributed by atoms with Gasteiger partial charge in [0.2, 0.25) is 15.9 Å². The molecule has 0 saturated carbocycles. The van der Waals surface area contributed by atoms with Crippen LogP contribution in [0, 0.1) is 13.8 Å². The minimum absolute atomic E-state index is 0.0930. The fraction of sp³-hybridized carbons (Fsp3) is 0.316. The summed E-state index contributed by atoms with van der Waals surface area (Å²) in [6, 6.07) is 12.5. The summed E-state index contributed by atoms with van der Waals surface area (Å²) in [6.45, 7) is 4.15. The molecule has 0 heterocycles. The number of nitrogens with zero attached hydrogens (tertiary/aromatic N) is 1. The van der Waals surface area contributed by atoms with Gasteiger partial charge in [0, 0.05) is 36.9 Å². The largest absolute Gasteiger partial charge is 0.326 e. The number of aryl methyl sites for hydroxylation is 2. The van der Waals surface area contributed by atoms with E-state index in [1.54, 1.807) is 23.9 Å². The summed E-state index contributed by atoms with van der Waals surface area (Å²) in [5, 5.41) is 2.80. The lowest BCUT2D eigenvalue weighted by molar-refractivity contribution is -0.115. The number of amides is 1. The van der Waals surface area contributed by atoms with Crippen LogP contribution in [0.15, 0.2) is 52.3 Å². The van der Waals surface area contributed by atoms with Crippen LogP contribution in [0.2, 0.25) is 0 Å². The van der Waals surface area contributed by atoms with Gasteiger partial charge in [-0.2, -0.15) is 0 Å². The number of thioether (sulfide) groups is 1. The van der Waals surface area contributed by atoms with Gasteiger partial charge in [-0.15, -0.1) is 11.8 Å². The van der Waals surface area contributed by atoms with Crippen molar-refractivity contribution in [2.45, 2.75) is 30.1 Å². The molecule has 7 heteroatoms. The van der Waals surface area contributed by atoms with E-state index in [-0.39, 0.29) is 10.8 Å². The molecule has 2 aromatic carbocycles. The number of carbonyl (C=O) groups excluding carboxylic acids is 1. The highest BCUT2D eigenvalue weighted by Crippen LogP contribution is 2.22. The summed E-state index contributed by atoms with van der Waals surface area (Å²) in [5.41, 5.74) is 3.09. The van der Waals surface area contributed by atoms with Gasteiger partial charge in [0.05, 0.1) is 4.90 Å². The van der Waals surface area contributed by atoms with Crippen molar-refractivity contribution >= 4 is 33.4 Å². The van der Waals surface area contributed by atoms with Crippen molar-refractivity contribution in [3.05, 3.63) is 53.6 Å². The average molecular weight is 393 g/mol. The van der Waals surface area contributed by atoms with E-state index in [1.165, 1.54) is 37.4 Å². The first-order valence-corrected chi connectivity index (χ1v) is 10.6. The summed E-state index contributed by atoms with van der Waals surface area (Å²) in [4.78, 5) is 13.4. The Labute approximate surface area is 159 Å². The van der Waals surface area contributed by atoms with Crippen molar-refractivity contribution in [1.29, 1.82) is 0 Å². The van der Waals surface area contributed by atoms with Gasteiger partial charge < -0.3 is 5.32 Å². The topological polar surface area (TPSA) is 66.5 Å². The molecule has 0 bridgehead atoms. The number of sulfonamides is 1. The molecule has 26 heavy (non-hydrogen) atoms. The third-order valence-corrected chi connectivity index (χ3v) is 6.82. The molecule has 1 amide bonds. The minimum atomic E-state index is -3.46. The van der Waals surface area contributed by atoms with E-state index >= 15 is 0 Å². The highest BCUT2D eigenvalue weighted by Gasteiger charge is 2.16. The predicted octanol–water partition coefficient (Wildman–Crippen LogP) is 3.67. The summed E-state index contributed by atoms with van der Waals surface area (Å²) in [5.74, 6) is 0.589. The molecule has 0 saturated heterocycles. The average Bonchev–Trinajstić information content (AvgIpc) is 2.58. The van der Waals surface area contributed by atoms with E-state index in [4.69, 9.17) is 0 Å². The molecule has 0 radical (unpaired) electrons. The molecular formula is C19H24N2O3S2. The molecule has 0 aliphatic rings. The molecule has 2 aromatic rings. The number of carbonyl (C=O) groups is 1. The van der Waals surface area contributed by atoms with Crippen molar-refractivity contribution in [1.82, 2.24) is 4.31 Å². The zero-order chi connectivity index (χ0) is 19.3. The van der Waals surface area contributed by atoms with Crippen LogP contribution < -0.4 is 5.32 Å². The zero-order valence-corrected chi connectivity index (χ0v) is 17.1. The molecule has 2 rings (SSSR count). The molecule has 0 spiro atoms. The smallest absolute Gasteiger partial charge is 0.242 e. The lowest BCUT2D eigenvalue weighted by Crippen LogP contribution is -2.22. The van der Waals surface area contributed by atoms with Gasteiger partial charge in [0.15, 0.2) is 0 Å². The van der Waals surface area contributed by atoms with Gasteiger partial charge in [-0.3, -0.25) is 4.79 Å². The maximum absolute atomic E-state index is 12.1. The highest BCUT2D eigenvalue weighted by atomic mass is 32.2. The summed E-state index contributed by atoms with van der Waals surface area (Å²) < 4.78 is 25.2. The molecule has 0 aliphatic carbocycles. The van der Waals surface area contributed by atoms with Crippen LogP contribution in [0.25, 0.3) is 0 Å². The first kappa shape index (κ1) is 20.5. The Bertz CT molecular complexity index is 876. The molecule has 0 fully saturated rings. The van der Waals surface area contributed by atoms with Crippen LogP contribution in [-0.2, 0) is 14.8 Å². The Morgan fingerprint density at radius 2 is 1.69 bits per heavy atom. The van der Waals surface area contributed by atoms with Crippen molar-refractivity contribution in [3.8, 4) is 0 Å². The maximum atomic E-state index is 12.1. The van der Waals surface area contributed by atoms with Gasteiger partial charge >= 0.3 is 0 Å². The Hall–Kier alpha value is -1.83. The van der Waals surface area contributed by atoms with E-state index in [0.29, 0.717) is 17.9 Å². The molecule has 5 nitrogen and oxygen atoms in total. The number of nitrogens with one attached hydrogen (secondary N) is 1. The first-order valence-electron chi connectivity index (χ1n) is 8.22. The number of anilines is 1. The van der Waals surface area contributed by atoms with Crippen molar-refractivity contribution in [2.24, 2.45) is 0 Å². The van der Waals surface area contributed by atoms with Gasteiger partial charge in [0.1, 0.15) is 0 Å². The maximum Gasteiger partial charge on any atom is 0.242 e. The number of benzene rings is 2. The molecule has 0 unspecified atom stereocenters. The second-order valence-corrected chi connectivity index (χ2v) is 9.52. The lowest BCUT2D eigenvalue weighted by Gasteiger charge is -2.12. The normalized spacial score (nSPS) is 11.6. The Morgan fingerprint density at radius 3 is 2.27 bits per heavy atom. The Kier molecular flexibility index (Phi) is 6.86. The standard InChI is InChI=1S/C19H24N2O3S2/c1-14-5-8-17(13-15(14)2)25-12-11-19(22)20-16-6-9-18(10-7-16)26(23,24)21(3)4/h5-10,13H,11-12H2,1-4H3,(H,20,22). The van der Waals surface area contributed by atoms with E-state index in [9.17, 15) is 13.2 Å². The number of rotatable bonds is 7. The van der Waals surface area contributed by atoms with Crippen LogP contribution in [0.1, 0.15) is 17.5 Å². The van der Waals surface area contributed by atoms with Crippen LogP contribution in [0.4, 0.5) is 5.69 Å². The Balaban J connectivity index is 1.87. The van der Waals surface area contributed by atoms with Crippen molar-refractivity contribution < 1.29 is 13.2 Å². The summed E-state index contributed by atoms with van der Waals surface area (Å²) in [7, 11) is -0.488. The lowest BCUT2D eigenvalue weighted by atomic mass is 10.1. The SMILES string of the molecule is Cc1ccc(SCCC(=O)Nc2ccc(S(=O)(=O)N(C)C)cc2)cc1C. The summed E-state index contributed by atoms with van der Waals surface area (Å²) >= 11 is 1.65. The molecule has 1 N–H and O–H groups in total. The monoisotopic (exact) mass is 392 g/mol. The van der Waals surface area contributed by atoms with Crippen LogP contribution in [-0.4, -0.2) is 38.5 Å². The van der Waals surface area contributed by atoms with Crippen LogP contribution >= 0.6 is 11.8 Å². The quantitative estimate of drug-likeness (QED) is 0.730. The molecular weight excluding hydrogens is 368 g/mol. The molecule has 0 aromatic heterocycles. The van der Waals surface area contributed by atoms with Crippen LogP contribution in [0.5, 0.6) is 0 Å². The molecule has 0 aliphatic heterocycles. The van der Waals surface area contributed by atoms with E-state index in [1.807, 2.05) is 0 Å². The van der Waals surface area contributed by atoms with Crippen molar-refractivity contribution in [3.63, 3.8) is 0 Å². The second kappa shape index (κ2) is 8.70. The fourth-order valence-corrected chi connectivity index (χ4v) is 4.06. The van der Waals surface area contributed by atoms with E-state index < -0.39 is 10.0 Å². The van der Waals surface area contributed by atoms with Gasteiger partial charge in [-0.25, -0.2) is 12.7 Å². The number of hydrogen-bond acceptors (Lipinski definition) is 4. The van der Waals surface area contributed by atoms with Crippen molar-refractivity contribution in [2.75, 3.05) is 25.2 Å². The second-order valence-electron chi connectivity index (χ2n) is 6.20. The third kappa shape index (κ3) is 5.33. The van der Waals surface area contributed by atoms with E-state index in [0.717, 1.165) is 9.20 Å². The minimum Gasteiger partial charge on any atom is -0.326 e.